The molecule has 1 spiro atoms. The van der Waals surface area contributed by atoms with Gasteiger partial charge in [0.1, 0.15) is 5.67 Å². The monoisotopic (exact) mass is 583 g/mol. The van der Waals surface area contributed by atoms with E-state index < -0.39 is 34.3 Å². The number of carbonyl (C=O) groups is 2. The number of piperidine rings is 1. The average molecular weight is 584 g/mol. The van der Waals surface area contributed by atoms with Crippen molar-refractivity contribution in [2.24, 2.45) is 5.41 Å². The molecule has 0 bridgehead atoms. The number of likely N-dealkylation sites (tertiary alicyclic amines) is 1. The minimum Gasteiger partial charge on any atom is -0.375 e. The van der Waals surface area contributed by atoms with Crippen molar-refractivity contribution in [1.82, 2.24) is 9.80 Å². The number of carbonyl (C=O) groups excluding carboxylic acids is 2. The standard InChI is InChI=1S/C29H34ClF4N3O3/c1-35(2)24(38)22-11-10-21(18-23(22)30)36(3)15-7-12-27(31)19-26(27)13-16-37(17-14-26)25(39)28(40,29(32,33)34)20-8-5-4-6-9-20/h4-6,8-11,18,40H,7,12-17,19H2,1-3H3/t27-,28?/m0/s1. The van der Waals surface area contributed by atoms with E-state index in [9.17, 15) is 27.9 Å². The molecule has 1 heterocycles. The van der Waals surface area contributed by atoms with Crippen LogP contribution in [0, 0.1) is 5.41 Å². The van der Waals surface area contributed by atoms with Crippen LogP contribution in [0.25, 0.3) is 0 Å². The lowest BCUT2D eigenvalue weighted by Crippen LogP contribution is -2.57. The van der Waals surface area contributed by atoms with Crippen molar-refractivity contribution in [1.29, 1.82) is 0 Å². The lowest BCUT2D eigenvalue weighted by molar-refractivity contribution is -0.262. The average Bonchev–Trinajstić information content (AvgIpc) is 3.48. The molecule has 2 fully saturated rings. The number of anilines is 1. The highest BCUT2D eigenvalue weighted by atomic mass is 35.5. The van der Waals surface area contributed by atoms with E-state index in [4.69, 9.17) is 11.6 Å². The van der Waals surface area contributed by atoms with Gasteiger partial charge in [0.2, 0.25) is 0 Å². The SMILES string of the molecule is CN(C)C(=O)c1ccc(N(C)CCC[C@]2(F)CC23CCN(C(=O)C(O)(c2ccccc2)C(F)(F)F)CC3)cc1Cl. The first-order valence-electron chi connectivity index (χ1n) is 13.2. The Morgan fingerprint density at radius 3 is 2.23 bits per heavy atom. The Morgan fingerprint density at radius 2 is 1.68 bits per heavy atom. The summed E-state index contributed by atoms with van der Waals surface area (Å²) in [6, 6.07) is 11.5. The van der Waals surface area contributed by atoms with Crippen LogP contribution in [0.2, 0.25) is 5.02 Å². The number of aliphatic hydroxyl groups is 1. The molecule has 218 valence electrons. The van der Waals surface area contributed by atoms with E-state index in [0.717, 1.165) is 22.7 Å². The second-order valence-electron chi connectivity index (χ2n) is 11.2. The van der Waals surface area contributed by atoms with Crippen molar-refractivity contribution >= 4 is 29.1 Å². The van der Waals surface area contributed by atoms with E-state index in [1.54, 1.807) is 32.3 Å². The Balaban J connectivity index is 1.32. The molecule has 1 aliphatic carbocycles. The molecule has 1 saturated carbocycles. The first kappa shape index (κ1) is 30.1. The molecule has 1 saturated heterocycles. The van der Waals surface area contributed by atoms with Crippen molar-refractivity contribution in [3.63, 3.8) is 0 Å². The maximum atomic E-state index is 15.8. The number of benzene rings is 2. The van der Waals surface area contributed by atoms with Crippen molar-refractivity contribution < 1.29 is 32.3 Å². The van der Waals surface area contributed by atoms with Crippen LogP contribution in [-0.2, 0) is 10.4 Å². The van der Waals surface area contributed by atoms with Crippen LogP contribution in [0.1, 0.15) is 48.0 Å². The first-order chi connectivity index (χ1) is 18.7. The minimum absolute atomic E-state index is 0.0495. The number of nitrogens with zero attached hydrogens (tertiary/aromatic N) is 3. The normalized spacial score (nSPS) is 21.6. The van der Waals surface area contributed by atoms with Crippen LogP contribution in [0.4, 0.5) is 23.2 Å². The molecule has 1 aliphatic heterocycles. The van der Waals surface area contributed by atoms with Gasteiger partial charge in [0.25, 0.3) is 17.4 Å². The molecular formula is C29H34ClF4N3O3. The van der Waals surface area contributed by atoms with Gasteiger partial charge < -0.3 is 19.8 Å². The third-order valence-corrected chi connectivity index (χ3v) is 8.77. The number of halogens is 5. The summed E-state index contributed by atoms with van der Waals surface area (Å²) in [5, 5.41) is 10.9. The molecule has 40 heavy (non-hydrogen) atoms. The fraction of sp³-hybridized carbons (Fsp3) is 0.517. The van der Waals surface area contributed by atoms with E-state index in [1.165, 1.54) is 23.1 Å². The predicted octanol–water partition coefficient (Wildman–Crippen LogP) is 5.43. The van der Waals surface area contributed by atoms with E-state index in [2.05, 4.69) is 0 Å². The zero-order valence-corrected chi connectivity index (χ0v) is 23.5. The Bertz CT molecular complexity index is 1250. The van der Waals surface area contributed by atoms with Crippen molar-refractivity contribution in [3.8, 4) is 0 Å². The summed E-state index contributed by atoms with van der Waals surface area (Å²) in [6.45, 7) is 0.442. The van der Waals surface area contributed by atoms with Gasteiger partial charge in [-0.3, -0.25) is 9.59 Å². The van der Waals surface area contributed by atoms with Gasteiger partial charge >= 0.3 is 6.18 Å². The zero-order valence-electron chi connectivity index (χ0n) is 22.8. The summed E-state index contributed by atoms with van der Waals surface area (Å²) in [4.78, 5) is 29.6. The maximum Gasteiger partial charge on any atom is 0.430 e. The van der Waals surface area contributed by atoms with Gasteiger partial charge in [-0.05, 0) is 50.3 Å². The number of hydrogen-bond acceptors (Lipinski definition) is 4. The first-order valence-corrected chi connectivity index (χ1v) is 13.6. The van der Waals surface area contributed by atoms with Gasteiger partial charge in [-0.1, -0.05) is 41.9 Å². The van der Waals surface area contributed by atoms with Gasteiger partial charge in [0.05, 0.1) is 10.6 Å². The summed E-state index contributed by atoms with van der Waals surface area (Å²) in [6.07, 6.45) is -3.60. The predicted molar refractivity (Wildman–Crippen MR) is 145 cm³/mol. The van der Waals surface area contributed by atoms with Gasteiger partial charge in [-0.2, -0.15) is 13.2 Å². The number of amides is 2. The minimum atomic E-state index is -5.21. The van der Waals surface area contributed by atoms with E-state index >= 15 is 4.39 Å². The fourth-order valence-corrected chi connectivity index (χ4v) is 6.06. The van der Waals surface area contributed by atoms with Crippen LogP contribution in [-0.4, -0.2) is 79.3 Å². The smallest absolute Gasteiger partial charge is 0.375 e. The zero-order chi connectivity index (χ0) is 29.5. The molecular weight excluding hydrogens is 550 g/mol. The largest absolute Gasteiger partial charge is 0.430 e. The topological polar surface area (TPSA) is 64.1 Å². The highest BCUT2D eigenvalue weighted by Crippen LogP contribution is 2.67. The highest BCUT2D eigenvalue weighted by molar-refractivity contribution is 6.34. The molecule has 0 radical (unpaired) electrons. The number of hydrogen-bond donors (Lipinski definition) is 1. The van der Waals surface area contributed by atoms with Crippen molar-refractivity contribution in [3.05, 3.63) is 64.7 Å². The highest BCUT2D eigenvalue weighted by Gasteiger charge is 2.69. The van der Waals surface area contributed by atoms with Crippen molar-refractivity contribution in [2.45, 2.75) is 49.6 Å². The lowest BCUT2D eigenvalue weighted by atomic mass is 9.86. The van der Waals surface area contributed by atoms with Gasteiger partial charge in [0.15, 0.2) is 0 Å². The summed E-state index contributed by atoms with van der Waals surface area (Å²) in [7, 11) is 5.14. The summed E-state index contributed by atoms with van der Waals surface area (Å²) in [5.74, 6) is -1.63. The second-order valence-corrected chi connectivity index (χ2v) is 11.6. The number of alkyl halides is 4. The van der Waals surface area contributed by atoms with E-state index in [1.807, 2.05) is 11.9 Å². The van der Waals surface area contributed by atoms with Crippen LogP contribution >= 0.6 is 11.6 Å². The fourth-order valence-electron chi connectivity index (χ4n) is 5.81. The molecule has 2 aromatic rings. The van der Waals surface area contributed by atoms with Crippen LogP contribution in [0.15, 0.2) is 48.5 Å². The summed E-state index contributed by atoms with van der Waals surface area (Å²) in [5.41, 5.74) is -5.11. The van der Waals surface area contributed by atoms with Gasteiger partial charge in [-0.25, -0.2) is 4.39 Å². The quantitative estimate of drug-likeness (QED) is 0.421. The molecule has 1 unspecified atom stereocenters. The lowest BCUT2D eigenvalue weighted by Gasteiger charge is -2.39. The summed E-state index contributed by atoms with van der Waals surface area (Å²) >= 11 is 6.31. The Labute approximate surface area is 236 Å². The van der Waals surface area contributed by atoms with Gasteiger partial charge in [0, 0.05) is 57.4 Å². The van der Waals surface area contributed by atoms with Gasteiger partial charge in [-0.15, -0.1) is 0 Å². The third-order valence-electron chi connectivity index (χ3n) is 8.46. The molecule has 0 aromatic heterocycles. The molecule has 6 nitrogen and oxygen atoms in total. The summed E-state index contributed by atoms with van der Waals surface area (Å²) < 4.78 is 57.6. The molecule has 1 N–H and O–H groups in total. The number of rotatable bonds is 8. The molecule has 2 atom stereocenters. The maximum absolute atomic E-state index is 15.8. The molecule has 4 rings (SSSR count). The third kappa shape index (κ3) is 5.40. The van der Waals surface area contributed by atoms with Crippen LogP contribution in [0.5, 0.6) is 0 Å². The molecule has 11 heteroatoms. The second kappa shape index (κ2) is 10.9. The Hall–Kier alpha value is -2.85. The molecule has 2 aliphatic rings. The van der Waals surface area contributed by atoms with Crippen molar-refractivity contribution in [2.75, 3.05) is 45.7 Å². The molecule has 2 aromatic carbocycles. The Kier molecular flexibility index (Phi) is 8.17. The van der Waals surface area contributed by atoms with E-state index in [-0.39, 0.29) is 38.3 Å². The van der Waals surface area contributed by atoms with Crippen LogP contribution in [0.3, 0.4) is 0 Å². The van der Waals surface area contributed by atoms with Crippen LogP contribution < -0.4 is 4.90 Å². The Morgan fingerprint density at radius 1 is 1.05 bits per heavy atom. The van der Waals surface area contributed by atoms with E-state index in [0.29, 0.717) is 30.0 Å². The molecule has 2 amide bonds.